The number of benzene rings is 1. The highest BCUT2D eigenvalue weighted by atomic mass is 35.5. The Kier molecular flexibility index (Phi) is 2.30. The Balaban J connectivity index is 2.73. The number of fused-ring (bicyclic) bond motifs is 1. The van der Waals surface area contributed by atoms with E-state index in [9.17, 15) is 0 Å². The fraction of sp³-hybridized carbons (Fsp3) is 0.455. The Morgan fingerprint density at radius 3 is 2.43 bits per heavy atom. The van der Waals surface area contributed by atoms with Crippen molar-refractivity contribution in [2.24, 2.45) is 5.73 Å². The third-order valence-corrected chi connectivity index (χ3v) is 3.56. The maximum Gasteiger partial charge on any atom is 0.0457 e. The highest BCUT2D eigenvalue weighted by Gasteiger charge is 2.38. The molecule has 1 aromatic carbocycles. The molecule has 0 saturated heterocycles. The summed E-state index contributed by atoms with van der Waals surface area (Å²) in [7, 11) is 0. The van der Waals surface area contributed by atoms with Gasteiger partial charge in [-0.25, -0.2) is 0 Å². The maximum atomic E-state index is 6.18. The van der Waals surface area contributed by atoms with Crippen LogP contribution in [0.1, 0.15) is 37.4 Å². The molecule has 1 atom stereocenters. The molecule has 0 unspecified atom stereocenters. The molecule has 14 heavy (non-hydrogen) atoms. The number of hydrogen-bond acceptors (Lipinski definition) is 1. The Hall–Kier alpha value is -0.240. The van der Waals surface area contributed by atoms with Gasteiger partial charge in [0.05, 0.1) is 0 Å². The van der Waals surface area contributed by atoms with Gasteiger partial charge in [-0.3, -0.25) is 0 Å². The van der Waals surface area contributed by atoms with Crippen LogP contribution in [0, 0.1) is 0 Å². The zero-order valence-corrected chi connectivity index (χ0v) is 9.78. The fourth-order valence-corrected chi connectivity index (χ4v) is 3.09. The topological polar surface area (TPSA) is 26.0 Å². The van der Waals surface area contributed by atoms with Crippen molar-refractivity contribution in [3.63, 3.8) is 0 Å². The molecule has 1 nitrogen and oxygen atoms in total. The molecule has 0 bridgehead atoms. The van der Waals surface area contributed by atoms with Crippen LogP contribution < -0.4 is 5.73 Å². The second kappa shape index (κ2) is 3.13. The normalized spacial score (nSPS) is 23.6. The fourth-order valence-electron chi connectivity index (χ4n) is 2.37. The average Bonchev–Trinajstić information content (AvgIpc) is 2.30. The number of hydrogen-bond donors (Lipinski definition) is 1. The minimum Gasteiger partial charge on any atom is -0.324 e. The Morgan fingerprint density at radius 2 is 1.86 bits per heavy atom. The highest BCUT2D eigenvalue weighted by Crippen LogP contribution is 2.49. The van der Waals surface area contributed by atoms with E-state index >= 15 is 0 Å². The average molecular weight is 230 g/mol. The van der Waals surface area contributed by atoms with E-state index in [4.69, 9.17) is 28.9 Å². The van der Waals surface area contributed by atoms with Gasteiger partial charge in [0.15, 0.2) is 0 Å². The van der Waals surface area contributed by atoms with Gasteiger partial charge in [-0.05, 0) is 35.1 Å². The van der Waals surface area contributed by atoms with Gasteiger partial charge in [0.1, 0.15) is 0 Å². The summed E-state index contributed by atoms with van der Waals surface area (Å²) < 4.78 is 0. The van der Waals surface area contributed by atoms with Crippen LogP contribution in [0.2, 0.25) is 10.0 Å². The molecule has 76 valence electrons. The molecule has 0 radical (unpaired) electrons. The molecule has 0 aliphatic heterocycles. The van der Waals surface area contributed by atoms with Crippen molar-refractivity contribution in [2.75, 3.05) is 0 Å². The van der Waals surface area contributed by atoms with Crippen molar-refractivity contribution in [1.82, 2.24) is 0 Å². The highest BCUT2D eigenvalue weighted by molar-refractivity contribution is 6.34. The van der Waals surface area contributed by atoms with E-state index in [-0.39, 0.29) is 11.5 Å². The predicted molar refractivity (Wildman–Crippen MR) is 61.0 cm³/mol. The summed E-state index contributed by atoms with van der Waals surface area (Å²) in [5.41, 5.74) is 8.24. The molecular weight excluding hydrogens is 217 g/mol. The summed E-state index contributed by atoms with van der Waals surface area (Å²) >= 11 is 12.3. The Morgan fingerprint density at radius 1 is 1.29 bits per heavy atom. The van der Waals surface area contributed by atoms with Gasteiger partial charge in [0.25, 0.3) is 0 Å². The molecule has 1 aliphatic carbocycles. The van der Waals surface area contributed by atoms with Gasteiger partial charge in [-0.15, -0.1) is 0 Å². The lowest BCUT2D eigenvalue weighted by Gasteiger charge is -2.20. The van der Waals surface area contributed by atoms with E-state index in [0.29, 0.717) is 0 Å². The van der Waals surface area contributed by atoms with E-state index in [0.717, 1.165) is 27.6 Å². The molecule has 0 aromatic heterocycles. The van der Waals surface area contributed by atoms with Crippen LogP contribution >= 0.6 is 23.2 Å². The van der Waals surface area contributed by atoms with Crippen molar-refractivity contribution in [3.05, 3.63) is 33.3 Å². The quantitative estimate of drug-likeness (QED) is 0.722. The molecule has 0 heterocycles. The van der Waals surface area contributed by atoms with E-state index in [2.05, 4.69) is 13.8 Å². The van der Waals surface area contributed by atoms with Crippen LogP contribution in [-0.4, -0.2) is 0 Å². The molecule has 0 amide bonds. The van der Waals surface area contributed by atoms with E-state index in [1.165, 1.54) is 0 Å². The standard InChI is InChI=1S/C11H13Cl2N/c1-11(2)5-8(14)9-6(12)3-4-7(13)10(9)11/h3-4,8H,5,14H2,1-2H3/t8-/m1/s1. The summed E-state index contributed by atoms with van der Waals surface area (Å²) in [4.78, 5) is 0. The van der Waals surface area contributed by atoms with Crippen LogP contribution in [0.4, 0.5) is 0 Å². The first-order valence-electron chi connectivity index (χ1n) is 4.67. The first-order valence-corrected chi connectivity index (χ1v) is 5.43. The molecule has 1 aromatic rings. The molecular formula is C11H13Cl2N. The van der Waals surface area contributed by atoms with Crippen molar-refractivity contribution in [1.29, 1.82) is 0 Å². The smallest absolute Gasteiger partial charge is 0.0457 e. The first kappa shape index (κ1) is 10.3. The van der Waals surface area contributed by atoms with Crippen molar-refractivity contribution in [3.8, 4) is 0 Å². The molecule has 3 heteroatoms. The summed E-state index contributed by atoms with van der Waals surface area (Å²) in [6.45, 7) is 4.31. The molecule has 2 N–H and O–H groups in total. The van der Waals surface area contributed by atoms with Gasteiger partial charge >= 0.3 is 0 Å². The molecule has 0 saturated carbocycles. The monoisotopic (exact) mass is 229 g/mol. The lowest BCUT2D eigenvalue weighted by atomic mass is 9.86. The van der Waals surface area contributed by atoms with Gasteiger partial charge in [-0.2, -0.15) is 0 Å². The molecule has 0 spiro atoms. The maximum absolute atomic E-state index is 6.18. The van der Waals surface area contributed by atoms with E-state index in [1.807, 2.05) is 12.1 Å². The van der Waals surface area contributed by atoms with Gasteiger partial charge < -0.3 is 5.73 Å². The van der Waals surface area contributed by atoms with E-state index < -0.39 is 0 Å². The van der Waals surface area contributed by atoms with Crippen LogP contribution in [0.3, 0.4) is 0 Å². The summed E-state index contributed by atoms with van der Waals surface area (Å²) in [6, 6.07) is 3.69. The summed E-state index contributed by atoms with van der Waals surface area (Å²) in [6.07, 6.45) is 0.909. The van der Waals surface area contributed by atoms with Crippen LogP contribution in [0.15, 0.2) is 12.1 Å². The molecule has 1 aliphatic rings. The Bertz CT molecular complexity index is 385. The zero-order valence-electron chi connectivity index (χ0n) is 8.27. The van der Waals surface area contributed by atoms with Gasteiger partial charge in [0.2, 0.25) is 0 Å². The van der Waals surface area contributed by atoms with Crippen molar-refractivity contribution >= 4 is 23.2 Å². The summed E-state index contributed by atoms with van der Waals surface area (Å²) in [5.74, 6) is 0. The van der Waals surface area contributed by atoms with Crippen molar-refractivity contribution < 1.29 is 0 Å². The van der Waals surface area contributed by atoms with Crippen LogP contribution in [0.5, 0.6) is 0 Å². The molecule has 0 fully saturated rings. The number of nitrogens with two attached hydrogens (primary N) is 1. The molecule has 2 rings (SSSR count). The van der Waals surface area contributed by atoms with Crippen LogP contribution in [0.25, 0.3) is 0 Å². The van der Waals surface area contributed by atoms with Gasteiger partial charge in [0, 0.05) is 16.1 Å². The predicted octanol–water partition coefficient (Wildman–Crippen LogP) is 3.67. The third-order valence-electron chi connectivity index (χ3n) is 2.92. The Labute approximate surface area is 94.2 Å². The number of halogens is 2. The van der Waals surface area contributed by atoms with Crippen molar-refractivity contribution in [2.45, 2.75) is 31.7 Å². The second-order valence-electron chi connectivity index (χ2n) is 4.51. The lowest BCUT2D eigenvalue weighted by molar-refractivity contribution is 0.481. The lowest BCUT2D eigenvalue weighted by Crippen LogP contribution is -2.14. The second-order valence-corrected chi connectivity index (χ2v) is 5.33. The number of rotatable bonds is 0. The summed E-state index contributed by atoms with van der Waals surface area (Å²) in [5, 5.41) is 1.52. The minimum atomic E-state index is 0.0196. The van der Waals surface area contributed by atoms with Crippen LogP contribution in [-0.2, 0) is 5.41 Å². The SMILES string of the molecule is CC1(C)C[C@@H](N)c2c(Cl)ccc(Cl)c21. The largest absolute Gasteiger partial charge is 0.324 e. The minimum absolute atomic E-state index is 0.0196. The third kappa shape index (κ3) is 1.35. The van der Waals surface area contributed by atoms with Gasteiger partial charge in [-0.1, -0.05) is 37.0 Å². The first-order chi connectivity index (χ1) is 6.43. The zero-order chi connectivity index (χ0) is 10.5. The van der Waals surface area contributed by atoms with E-state index in [1.54, 1.807) is 0 Å².